The molecule has 0 bridgehead atoms. The molecular weight excluding hydrogens is 162 g/mol. The third kappa shape index (κ3) is 1.90. The highest BCUT2D eigenvalue weighted by atomic mass is 16.3. The molecular formula is C11H15NO. The van der Waals surface area contributed by atoms with Crippen molar-refractivity contribution in [2.75, 3.05) is 6.54 Å². The molecule has 1 unspecified atom stereocenters. The first-order valence-electron chi connectivity index (χ1n) is 4.79. The molecule has 0 amide bonds. The summed E-state index contributed by atoms with van der Waals surface area (Å²) in [7, 11) is 0. The van der Waals surface area contributed by atoms with Gasteiger partial charge < -0.3 is 10.8 Å². The van der Waals surface area contributed by atoms with Gasteiger partial charge in [0.2, 0.25) is 0 Å². The fourth-order valence-corrected chi connectivity index (χ4v) is 1.57. The minimum atomic E-state index is -0.501. The summed E-state index contributed by atoms with van der Waals surface area (Å²) in [5.41, 5.74) is 7.70. The molecule has 0 heterocycles. The van der Waals surface area contributed by atoms with Crippen molar-refractivity contribution in [2.24, 2.45) is 5.73 Å². The molecule has 0 radical (unpaired) electrons. The number of aliphatic hydroxyl groups excluding tert-OH is 1. The maximum Gasteiger partial charge on any atom is 0.0912 e. The fourth-order valence-electron chi connectivity index (χ4n) is 1.57. The lowest BCUT2D eigenvalue weighted by Crippen LogP contribution is -2.11. The van der Waals surface area contributed by atoms with E-state index in [2.05, 4.69) is 12.1 Å². The summed E-state index contributed by atoms with van der Waals surface area (Å²) in [6.07, 6.45) is 2.09. The SMILES string of the molecule is NCC(O)c1cccc(C2CC2)c1. The first-order chi connectivity index (χ1) is 6.31. The van der Waals surface area contributed by atoms with Gasteiger partial charge in [-0.1, -0.05) is 24.3 Å². The van der Waals surface area contributed by atoms with Crippen LogP contribution in [0.3, 0.4) is 0 Å². The molecule has 2 heteroatoms. The van der Waals surface area contributed by atoms with Crippen LogP contribution in [0.25, 0.3) is 0 Å². The van der Waals surface area contributed by atoms with E-state index < -0.39 is 6.10 Å². The van der Waals surface area contributed by atoms with Crippen molar-refractivity contribution < 1.29 is 5.11 Å². The number of hydrogen-bond acceptors (Lipinski definition) is 2. The van der Waals surface area contributed by atoms with Crippen molar-refractivity contribution >= 4 is 0 Å². The van der Waals surface area contributed by atoms with E-state index in [1.54, 1.807) is 0 Å². The van der Waals surface area contributed by atoms with Crippen LogP contribution in [0, 0.1) is 0 Å². The van der Waals surface area contributed by atoms with Crippen LogP contribution in [0.1, 0.15) is 36.0 Å². The summed E-state index contributed by atoms with van der Waals surface area (Å²) in [5, 5.41) is 9.53. The Morgan fingerprint density at radius 1 is 1.46 bits per heavy atom. The van der Waals surface area contributed by atoms with Crippen molar-refractivity contribution in [3.63, 3.8) is 0 Å². The van der Waals surface area contributed by atoms with Gasteiger partial charge in [0, 0.05) is 6.54 Å². The van der Waals surface area contributed by atoms with E-state index >= 15 is 0 Å². The maximum absolute atomic E-state index is 9.53. The van der Waals surface area contributed by atoms with Crippen LogP contribution in [0.4, 0.5) is 0 Å². The second kappa shape index (κ2) is 3.48. The molecule has 1 aromatic rings. The zero-order valence-corrected chi connectivity index (χ0v) is 7.61. The molecule has 0 saturated heterocycles. The standard InChI is InChI=1S/C11H15NO/c12-7-11(13)10-3-1-2-9(6-10)8-4-5-8/h1-3,6,8,11,13H,4-5,7,12H2. The monoisotopic (exact) mass is 177 g/mol. The lowest BCUT2D eigenvalue weighted by atomic mass is 10.0. The number of hydrogen-bond donors (Lipinski definition) is 2. The second-order valence-electron chi connectivity index (χ2n) is 3.70. The number of aliphatic hydroxyl groups is 1. The first kappa shape index (κ1) is 8.73. The molecule has 70 valence electrons. The van der Waals surface area contributed by atoms with Crippen LogP contribution in [-0.2, 0) is 0 Å². The molecule has 0 spiro atoms. The van der Waals surface area contributed by atoms with Crippen LogP contribution in [0.2, 0.25) is 0 Å². The Morgan fingerprint density at radius 3 is 2.85 bits per heavy atom. The third-order valence-electron chi connectivity index (χ3n) is 2.57. The Hall–Kier alpha value is -0.860. The quantitative estimate of drug-likeness (QED) is 0.736. The Balaban J connectivity index is 2.21. The van der Waals surface area contributed by atoms with Crippen molar-refractivity contribution in [3.05, 3.63) is 35.4 Å². The van der Waals surface area contributed by atoms with Crippen molar-refractivity contribution in [2.45, 2.75) is 24.9 Å². The van der Waals surface area contributed by atoms with Gasteiger partial charge in [0.05, 0.1) is 6.10 Å². The minimum Gasteiger partial charge on any atom is -0.387 e. The number of nitrogens with two attached hydrogens (primary N) is 1. The molecule has 0 aliphatic heterocycles. The normalized spacial score (nSPS) is 18.6. The van der Waals surface area contributed by atoms with E-state index in [0.717, 1.165) is 11.5 Å². The van der Waals surface area contributed by atoms with Crippen LogP contribution in [0.15, 0.2) is 24.3 Å². The molecule has 1 fully saturated rings. The molecule has 2 nitrogen and oxygen atoms in total. The summed E-state index contributed by atoms with van der Waals surface area (Å²) in [6.45, 7) is 0.300. The first-order valence-corrected chi connectivity index (χ1v) is 4.79. The largest absolute Gasteiger partial charge is 0.387 e. The van der Waals surface area contributed by atoms with Crippen molar-refractivity contribution in [1.82, 2.24) is 0 Å². The number of benzene rings is 1. The Bertz CT molecular complexity index is 294. The predicted molar refractivity (Wildman–Crippen MR) is 52.4 cm³/mol. The molecule has 1 atom stereocenters. The molecule has 3 N–H and O–H groups in total. The highest BCUT2D eigenvalue weighted by molar-refractivity contribution is 5.30. The smallest absolute Gasteiger partial charge is 0.0912 e. The van der Waals surface area contributed by atoms with Crippen molar-refractivity contribution in [3.8, 4) is 0 Å². The van der Waals surface area contributed by atoms with E-state index in [1.165, 1.54) is 18.4 Å². The highest BCUT2D eigenvalue weighted by Gasteiger charge is 2.23. The summed E-state index contributed by atoms with van der Waals surface area (Å²) < 4.78 is 0. The van der Waals surface area contributed by atoms with E-state index in [-0.39, 0.29) is 0 Å². The van der Waals surface area contributed by atoms with Gasteiger partial charge in [0.25, 0.3) is 0 Å². The Kier molecular flexibility index (Phi) is 2.34. The predicted octanol–water partition coefficient (Wildman–Crippen LogP) is 1.56. The second-order valence-corrected chi connectivity index (χ2v) is 3.70. The molecule has 1 saturated carbocycles. The molecule has 13 heavy (non-hydrogen) atoms. The maximum atomic E-state index is 9.53. The van der Waals surface area contributed by atoms with Crippen LogP contribution >= 0.6 is 0 Å². The molecule has 0 aromatic heterocycles. The Morgan fingerprint density at radius 2 is 2.23 bits per heavy atom. The van der Waals surface area contributed by atoms with Gasteiger partial charge in [-0.05, 0) is 29.9 Å². The molecule has 2 rings (SSSR count). The molecule has 1 aromatic carbocycles. The van der Waals surface area contributed by atoms with Gasteiger partial charge in [-0.25, -0.2) is 0 Å². The van der Waals surface area contributed by atoms with E-state index in [4.69, 9.17) is 5.73 Å². The fraction of sp³-hybridized carbons (Fsp3) is 0.455. The summed E-state index contributed by atoms with van der Waals surface area (Å²) in [4.78, 5) is 0. The highest BCUT2D eigenvalue weighted by Crippen LogP contribution is 2.40. The zero-order chi connectivity index (χ0) is 9.26. The van der Waals surface area contributed by atoms with Crippen LogP contribution < -0.4 is 5.73 Å². The van der Waals surface area contributed by atoms with E-state index in [9.17, 15) is 5.11 Å². The minimum absolute atomic E-state index is 0.300. The van der Waals surface area contributed by atoms with E-state index in [0.29, 0.717) is 6.54 Å². The van der Waals surface area contributed by atoms with Gasteiger partial charge in [-0.3, -0.25) is 0 Å². The van der Waals surface area contributed by atoms with Crippen molar-refractivity contribution in [1.29, 1.82) is 0 Å². The van der Waals surface area contributed by atoms with Gasteiger partial charge in [-0.15, -0.1) is 0 Å². The topological polar surface area (TPSA) is 46.2 Å². The van der Waals surface area contributed by atoms with E-state index in [1.807, 2.05) is 12.1 Å². The van der Waals surface area contributed by atoms with Crippen LogP contribution in [-0.4, -0.2) is 11.7 Å². The average molecular weight is 177 g/mol. The molecule has 1 aliphatic rings. The van der Waals surface area contributed by atoms with Gasteiger partial charge >= 0.3 is 0 Å². The summed E-state index contributed by atoms with van der Waals surface area (Å²) in [6, 6.07) is 8.14. The average Bonchev–Trinajstić information content (AvgIpc) is 3.00. The van der Waals surface area contributed by atoms with Gasteiger partial charge in [0.1, 0.15) is 0 Å². The lowest BCUT2D eigenvalue weighted by molar-refractivity contribution is 0.186. The van der Waals surface area contributed by atoms with Gasteiger partial charge in [-0.2, -0.15) is 0 Å². The zero-order valence-electron chi connectivity index (χ0n) is 7.61. The summed E-state index contributed by atoms with van der Waals surface area (Å²) >= 11 is 0. The van der Waals surface area contributed by atoms with Gasteiger partial charge in [0.15, 0.2) is 0 Å². The van der Waals surface area contributed by atoms with Crippen LogP contribution in [0.5, 0.6) is 0 Å². The lowest BCUT2D eigenvalue weighted by Gasteiger charge is -2.09. The number of rotatable bonds is 3. The Labute approximate surface area is 78.4 Å². The summed E-state index contributed by atoms with van der Waals surface area (Å²) in [5.74, 6) is 0.741. The molecule has 1 aliphatic carbocycles. The third-order valence-corrected chi connectivity index (χ3v) is 2.57.